The second kappa shape index (κ2) is 6.26. The molecule has 8 heteroatoms. The Morgan fingerprint density at radius 2 is 2.22 bits per heavy atom. The van der Waals surface area contributed by atoms with E-state index < -0.39 is 0 Å². The van der Waals surface area contributed by atoms with Crippen molar-refractivity contribution in [3.05, 3.63) is 17.5 Å². The standard InChI is InChI=1S/C10H14N4O2S2/c1-4-7-12-10(18-14-7)17-6(2)9-11-8(5-15-3)13-16-9/h6H,4-5H2,1-3H3/t6-/m1/s1. The molecule has 1 atom stereocenters. The number of ether oxygens (including phenoxy) is 1. The van der Waals surface area contributed by atoms with Crippen LogP contribution in [0.4, 0.5) is 0 Å². The van der Waals surface area contributed by atoms with Gasteiger partial charge in [-0.1, -0.05) is 23.8 Å². The van der Waals surface area contributed by atoms with Gasteiger partial charge in [-0.2, -0.15) is 9.36 Å². The molecule has 0 unspecified atom stereocenters. The molecule has 0 fully saturated rings. The average Bonchev–Trinajstić information content (AvgIpc) is 2.98. The van der Waals surface area contributed by atoms with Crippen LogP contribution in [-0.4, -0.2) is 26.6 Å². The van der Waals surface area contributed by atoms with Crippen molar-refractivity contribution >= 4 is 23.3 Å². The average molecular weight is 286 g/mol. The maximum atomic E-state index is 5.18. The van der Waals surface area contributed by atoms with Gasteiger partial charge in [-0.25, -0.2) is 4.98 Å². The van der Waals surface area contributed by atoms with Gasteiger partial charge in [0.1, 0.15) is 12.4 Å². The second-order valence-corrected chi connectivity index (χ2v) is 5.91. The van der Waals surface area contributed by atoms with Crippen LogP contribution in [0.15, 0.2) is 8.86 Å². The predicted molar refractivity (Wildman–Crippen MR) is 68.6 cm³/mol. The van der Waals surface area contributed by atoms with Gasteiger partial charge >= 0.3 is 0 Å². The number of hydrogen-bond acceptors (Lipinski definition) is 8. The van der Waals surface area contributed by atoms with E-state index in [0.29, 0.717) is 18.3 Å². The van der Waals surface area contributed by atoms with E-state index in [1.807, 2.05) is 13.8 Å². The minimum Gasteiger partial charge on any atom is -0.377 e. The van der Waals surface area contributed by atoms with Crippen molar-refractivity contribution in [2.75, 3.05) is 7.11 Å². The van der Waals surface area contributed by atoms with Gasteiger partial charge in [0.15, 0.2) is 10.2 Å². The van der Waals surface area contributed by atoms with Gasteiger partial charge in [-0.3, -0.25) is 0 Å². The van der Waals surface area contributed by atoms with Crippen LogP contribution in [0.3, 0.4) is 0 Å². The second-order valence-electron chi connectivity index (χ2n) is 3.57. The lowest BCUT2D eigenvalue weighted by atomic mass is 10.5. The molecule has 0 bridgehead atoms. The van der Waals surface area contributed by atoms with E-state index in [4.69, 9.17) is 9.26 Å². The molecule has 0 amide bonds. The molecule has 0 N–H and O–H groups in total. The molecule has 0 aromatic carbocycles. The highest BCUT2D eigenvalue weighted by Gasteiger charge is 2.17. The zero-order chi connectivity index (χ0) is 13.0. The first kappa shape index (κ1) is 13.4. The SMILES string of the molecule is CCc1nsc(S[C@H](C)c2nc(COC)no2)n1. The van der Waals surface area contributed by atoms with Crippen molar-refractivity contribution in [3.63, 3.8) is 0 Å². The van der Waals surface area contributed by atoms with E-state index in [1.54, 1.807) is 18.9 Å². The molecular weight excluding hydrogens is 272 g/mol. The molecule has 0 aliphatic rings. The molecule has 2 rings (SSSR count). The number of aryl methyl sites for hydroxylation is 1. The van der Waals surface area contributed by atoms with Gasteiger partial charge in [-0.15, -0.1) is 0 Å². The third-order valence-electron chi connectivity index (χ3n) is 2.15. The minimum absolute atomic E-state index is 0.0563. The molecule has 0 spiro atoms. The topological polar surface area (TPSA) is 73.9 Å². The first-order valence-electron chi connectivity index (χ1n) is 5.53. The van der Waals surface area contributed by atoms with Gasteiger partial charge < -0.3 is 9.26 Å². The smallest absolute Gasteiger partial charge is 0.240 e. The lowest BCUT2D eigenvalue weighted by Crippen LogP contribution is -1.92. The molecule has 0 aliphatic heterocycles. The Morgan fingerprint density at radius 1 is 1.39 bits per heavy atom. The fourth-order valence-electron chi connectivity index (χ4n) is 1.25. The summed E-state index contributed by atoms with van der Waals surface area (Å²) < 4.78 is 15.3. The number of aromatic nitrogens is 4. The van der Waals surface area contributed by atoms with Crippen molar-refractivity contribution in [1.82, 2.24) is 19.5 Å². The molecule has 2 aromatic heterocycles. The third-order valence-corrected chi connectivity index (χ3v) is 4.06. The van der Waals surface area contributed by atoms with Crippen molar-refractivity contribution < 1.29 is 9.26 Å². The van der Waals surface area contributed by atoms with Crippen LogP contribution in [-0.2, 0) is 17.8 Å². The van der Waals surface area contributed by atoms with Gasteiger partial charge in [-0.05, 0) is 18.5 Å². The van der Waals surface area contributed by atoms with Crippen molar-refractivity contribution in [3.8, 4) is 0 Å². The van der Waals surface area contributed by atoms with Gasteiger partial charge in [0.05, 0.1) is 5.25 Å². The molecule has 2 aromatic rings. The van der Waals surface area contributed by atoms with Crippen molar-refractivity contribution in [2.24, 2.45) is 0 Å². The fourth-order valence-corrected chi connectivity index (χ4v) is 3.12. The molecule has 2 heterocycles. The van der Waals surface area contributed by atoms with E-state index in [-0.39, 0.29) is 5.25 Å². The Kier molecular flexibility index (Phi) is 4.67. The number of nitrogens with zero attached hydrogens (tertiary/aromatic N) is 4. The summed E-state index contributed by atoms with van der Waals surface area (Å²) in [6.45, 7) is 4.40. The third kappa shape index (κ3) is 3.27. The van der Waals surface area contributed by atoms with Crippen LogP contribution in [0, 0.1) is 0 Å². The van der Waals surface area contributed by atoms with Crippen LogP contribution >= 0.6 is 23.3 Å². The molecular formula is C10H14N4O2S2. The highest BCUT2D eigenvalue weighted by atomic mass is 32.2. The van der Waals surface area contributed by atoms with E-state index in [0.717, 1.165) is 16.6 Å². The Bertz CT molecular complexity index is 500. The zero-order valence-corrected chi connectivity index (χ0v) is 12.0. The Hall–Kier alpha value is -0.990. The van der Waals surface area contributed by atoms with Crippen LogP contribution in [0.25, 0.3) is 0 Å². The summed E-state index contributed by atoms with van der Waals surface area (Å²) in [5.41, 5.74) is 0. The molecule has 0 saturated carbocycles. The number of methoxy groups -OCH3 is 1. The maximum Gasteiger partial charge on any atom is 0.240 e. The molecule has 0 saturated heterocycles. The Labute approximate surface area is 113 Å². The quantitative estimate of drug-likeness (QED) is 0.755. The van der Waals surface area contributed by atoms with Crippen molar-refractivity contribution in [2.45, 2.75) is 36.5 Å². The normalized spacial score (nSPS) is 12.8. The number of rotatable bonds is 6. The molecule has 98 valence electrons. The van der Waals surface area contributed by atoms with Gasteiger partial charge in [0.2, 0.25) is 5.89 Å². The van der Waals surface area contributed by atoms with Crippen LogP contribution < -0.4 is 0 Å². The summed E-state index contributed by atoms with van der Waals surface area (Å²) in [4.78, 5) is 8.65. The van der Waals surface area contributed by atoms with Crippen LogP contribution in [0.5, 0.6) is 0 Å². The van der Waals surface area contributed by atoms with E-state index in [2.05, 4.69) is 19.5 Å². The van der Waals surface area contributed by atoms with Crippen molar-refractivity contribution in [1.29, 1.82) is 0 Å². The lowest BCUT2D eigenvalue weighted by Gasteiger charge is -2.01. The summed E-state index contributed by atoms with van der Waals surface area (Å²) >= 11 is 2.97. The first-order valence-corrected chi connectivity index (χ1v) is 7.19. The number of hydrogen-bond donors (Lipinski definition) is 0. The zero-order valence-electron chi connectivity index (χ0n) is 10.4. The van der Waals surface area contributed by atoms with Crippen LogP contribution in [0.2, 0.25) is 0 Å². The predicted octanol–water partition coefficient (Wildman–Crippen LogP) is 2.48. The minimum atomic E-state index is 0.0563. The van der Waals surface area contributed by atoms with Crippen LogP contribution in [0.1, 0.15) is 36.6 Å². The number of thioether (sulfide) groups is 1. The molecule has 6 nitrogen and oxygen atoms in total. The largest absolute Gasteiger partial charge is 0.377 e. The molecule has 0 aliphatic carbocycles. The molecule has 18 heavy (non-hydrogen) atoms. The lowest BCUT2D eigenvalue weighted by molar-refractivity contribution is 0.174. The highest BCUT2D eigenvalue weighted by Crippen LogP contribution is 2.34. The highest BCUT2D eigenvalue weighted by molar-refractivity contribution is 8.01. The summed E-state index contributed by atoms with van der Waals surface area (Å²) in [7, 11) is 1.60. The fraction of sp³-hybridized carbons (Fsp3) is 0.600. The summed E-state index contributed by atoms with van der Waals surface area (Å²) in [5, 5.41) is 3.89. The van der Waals surface area contributed by atoms with Gasteiger partial charge in [0, 0.05) is 13.5 Å². The monoisotopic (exact) mass is 286 g/mol. The summed E-state index contributed by atoms with van der Waals surface area (Å²) in [5.74, 6) is 2.02. The van der Waals surface area contributed by atoms with E-state index >= 15 is 0 Å². The van der Waals surface area contributed by atoms with E-state index in [9.17, 15) is 0 Å². The molecule has 0 radical (unpaired) electrons. The first-order chi connectivity index (χ1) is 8.72. The Morgan fingerprint density at radius 3 is 2.89 bits per heavy atom. The summed E-state index contributed by atoms with van der Waals surface area (Å²) in [6, 6.07) is 0. The summed E-state index contributed by atoms with van der Waals surface area (Å²) in [6.07, 6.45) is 0.851. The Balaban J connectivity index is 1.99. The van der Waals surface area contributed by atoms with Gasteiger partial charge in [0.25, 0.3) is 0 Å². The van der Waals surface area contributed by atoms with E-state index in [1.165, 1.54) is 11.5 Å². The maximum absolute atomic E-state index is 5.18.